The second-order valence-electron chi connectivity index (χ2n) is 2.16. The summed E-state index contributed by atoms with van der Waals surface area (Å²) in [5.41, 5.74) is 0. The highest BCUT2D eigenvalue weighted by molar-refractivity contribution is 6.27. The van der Waals surface area contributed by atoms with Gasteiger partial charge in [0.1, 0.15) is 6.61 Å². The number of alkyl halides is 2. The normalized spacial score (nSPS) is 11.1. The Labute approximate surface area is 77.8 Å². The van der Waals surface area contributed by atoms with Crippen LogP contribution in [0.1, 0.15) is 5.89 Å². The monoisotopic (exact) mass is 212 g/mol. The Kier molecular flexibility index (Phi) is 4.04. The first kappa shape index (κ1) is 10.3. The molecule has 7 heteroatoms. The van der Waals surface area contributed by atoms with E-state index in [9.17, 15) is 8.78 Å². The fourth-order valence-electron chi connectivity index (χ4n) is 0.666. The van der Waals surface area contributed by atoms with Crippen LogP contribution in [-0.4, -0.2) is 29.8 Å². The van der Waals surface area contributed by atoms with Gasteiger partial charge in [0.15, 0.2) is 0 Å². The molecule has 0 saturated heterocycles. The number of halogens is 3. The van der Waals surface area contributed by atoms with Crippen LogP contribution in [0.25, 0.3) is 0 Å². The first-order chi connectivity index (χ1) is 6.18. The van der Waals surface area contributed by atoms with Gasteiger partial charge in [-0.3, -0.25) is 0 Å². The van der Waals surface area contributed by atoms with E-state index in [1.807, 2.05) is 0 Å². The lowest BCUT2D eigenvalue weighted by Gasteiger charge is -1.99. The summed E-state index contributed by atoms with van der Waals surface area (Å²) < 4.78 is 32.5. The van der Waals surface area contributed by atoms with Crippen LogP contribution in [0, 0.1) is 0 Å². The van der Waals surface area contributed by atoms with Crippen molar-refractivity contribution in [1.82, 2.24) is 10.2 Å². The van der Waals surface area contributed by atoms with E-state index in [0.29, 0.717) is 0 Å². The molecule has 0 atom stereocenters. The van der Waals surface area contributed by atoms with Crippen LogP contribution in [0.3, 0.4) is 0 Å². The fourth-order valence-corrected chi connectivity index (χ4v) is 0.793. The van der Waals surface area contributed by atoms with E-state index >= 15 is 0 Å². The van der Waals surface area contributed by atoms with Crippen LogP contribution in [-0.2, 0) is 11.2 Å². The number of aromatic nitrogens is 2. The smallest absolute Gasteiger partial charge is 0.312 e. The second kappa shape index (κ2) is 5.08. The van der Waals surface area contributed by atoms with Gasteiger partial charge >= 0.3 is 5.35 Å². The van der Waals surface area contributed by atoms with Crippen molar-refractivity contribution in [2.24, 2.45) is 0 Å². The Bertz CT molecular complexity index is 257. The minimum Gasteiger partial charge on any atom is -0.412 e. The zero-order chi connectivity index (χ0) is 9.68. The third-order valence-electron chi connectivity index (χ3n) is 1.15. The molecule has 0 aliphatic carbocycles. The molecule has 0 spiro atoms. The maximum Gasteiger partial charge on any atom is 0.312 e. The van der Waals surface area contributed by atoms with E-state index in [-0.39, 0.29) is 24.3 Å². The number of hydrogen-bond acceptors (Lipinski definition) is 4. The topological polar surface area (TPSA) is 48.2 Å². The van der Waals surface area contributed by atoms with Crippen LogP contribution in [0.15, 0.2) is 4.42 Å². The lowest BCUT2D eigenvalue weighted by Crippen LogP contribution is -2.07. The summed E-state index contributed by atoms with van der Waals surface area (Å²) in [5, 5.41) is 6.83. The van der Waals surface area contributed by atoms with E-state index in [2.05, 4.69) is 14.9 Å². The van der Waals surface area contributed by atoms with E-state index < -0.39 is 13.0 Å². The molecular formula is C6H7ClF2N2O2. The average Bonchev–Trinajstić information content (AvgIpc) is 2.45. The molecule has 0 aliphatic rings. The van der Waals surface area contributed by atoms with Crippen molar-refractivity contribution in [2.75, 3.05) is 13.2 Å². The van der Waals surface area contributed by atoms with E-state index in [4.69, 9.17) is 16.0 Å². The molecule has 0 fully saturated rings. The van der Waals surface area contributed by atoms with E-state index in [0.717, 1.165) is 0 Å². The summed E-state index contributed by atoms with van der Waals surface area (Å²) in [6.45, 7) is -0.468. The molecule has 0 aromatic carbocycles. The Morgan fingerprint density at radius 3 is 2.77 bits per heavy atom. The summed E-state index contributed by atoms with van der Waals surface area (Å²) >= 11 is 5.32. The Morgan fingerprint density at radius 2 is 2.23 bits per heavy atom. The molecule has 1 rings (SSSR count). The Balaban J connectivity index is 2.13. The standard InChI is InChI=1S/C6H7ClF2N2O2/c7-6-11-10-5(13-6)1-2-12-3-4(8)9/h4H,1-3H2. The highest BCUT2D eigenvalue weighted by Crippen LogP contribution is 2.05. The van der Waals surface area contributed by atoms with Crippen LogP contribution in [0.2, 0.25) is 5.35 Å². The fraction of sp³-hybridized carbons (Fsp3) is 0.667. The maximum atomic E-state index is 11.6. The molecule has 0 saturated carbocycles. The molecule has 0 bridgehead atoms. The SMILES string of the molecule is FC(F)COCCc1nnc(Cl)o1. The van der Waals surface area contributed by atoms with Crippen LogP contribution in [0.4, 0.5) is 8.78 Å². The Morgan fingerprint density at radius 1 is 1.46 bits per heavy atom. The second-order valence-corrected chi connectivity index (χ2v) is 2.49. The van der Waals surface area contributed by atoms with Crippen LogP contribution >= 0.6 is 11.6 Å². The maximum absolute atomic E-state index is 11.6. The zero-order valence-electron chi connectivity index (χ0n) is 6.54. The first-order valence-corrected chi connectivity index (χ1v) is 3.90. The van der Waals surface area contributed by atoms with Crippen molar-refractivity contribution in [3.63, 3.8) is 0 Å². The molecule has 74 valence electrons. The van der Waals surface area contributed by atoms with Crippen molar-refractivity contribution < 1.29 is 17.9 Å². The third kappa shape index (κ3) is 4.14. The molecule has 1 aromatic heterocycles. The van der Waals surface area contributed by atoms with Crippen molar-refractivity contribution in [3.8, 4) is 0 Å². The highest BCUT2D eigenvalue weighted by Gasteiger charge is 2.05. The molecule has 0 N–H and O–H groups in total. The van der Waals surface area contributed by atoms with Crippen LogP contribution in [0.5, 0.6) is 0 Å². The number of rotatable bonds is 5. The van der Waals surface area contributed by atoms with Crippen LogP contribution < -0.4 is 0 Å². The minimum absolute atomic E-state index is 0.0659. The molecule has 0 unspecified atom stereocenters. The summed E-state index contributed by atoms with van der Waals surface area (Å²) in [6, 6.07) is 0. The van der Waals surface area contributed by atoms with Gasteiger partial charge in [0.05, 0.1) is 6.61 Å². The van der Waals surface area contributed by atoms with Crippen molar-refractivity contribution in [2.45, 2.75) is 12.8 Å². The van der Waals surface area contributed by atoms with Gasteiger partial charge in [-0.25, -0.2) is 8.78 Å². The molecule has 0 amide bonds. The molecule has 0 aliphatic heterocycles. The van der Waals surface area contributed by atoms with Crippen molar-refractivity contribution in [1.29, 1.82) is 0 Å². The third-order valence-corrected chi connectivity index (χ3v) is 1.30. The van der Waals surface area contributed by atoms with Crippen molar-refractivity contribution in [3.05, 3.63) is 11.2 Å². The quantitative estimate of drug-likeness (QED) is 0.695. The van der Waals surface area contributed by atoms with Crippen molar-refractivity contribution >= 4 is 11.6 Å². The van der Waals surface area contributed by atoms with E-state index in [1.165, 1.54) is 0 Å². The Hall–Kier alpha value is -0.750. The summed E-state index contributed by atoms with van der Waals surface area (Å²) in [4.78, 5) is 0. The van der Waals surface area contributed by atoms with Gasteiger partial charge in [0.2, 0.25) is 5.89 Å². The zero-order valence-corrected chi connectivity index (χ0v) is 7.30. The molecular weight excluding hydrogens is 206 g/mol. The van der Waals surface area contributed by atoms with Gasteiger partial charge in [-0.1, -0.05) is 5.10 Å². The summed E-state index contributed by atoms with van der Waals surface area (Å²) in [7, 11) is 0. The van der Waals surface area contributed by atoms with Gasteiger partial charge in [-0.15, -0.1) is 5.10 Å². The molecule has 13 heavy (non-hydrogen) atoms. The average molecular weight is 213 g/mol. The van der Waals surface area contributed by atoms with Gasteiger partial charge in [0.25, 0.3) is 6.43 Å². The number of hydrogen-bond donors (Lipinski definition) is 0. The van der Waals surface area contributed by atoms with Gasteiger partial charge in [-0.05, 0) is 11.6 Å². The van der Waals surface area contributed by atoms with Gasteiger partial charge in [0, 0.05) is 6.42 Å². The van der Waals surface area contributed by atoms with E-state index in [1.54, 1.807) is 0 Å². The highest BCUT2D eigenvalue weighted by atomic mass is 35.5. The molecule has 1 aromatic rings. The first-order valence-electron chi connectivity index (χ1n) is 3.52. The largest absolute Gasteiger partial charge is 0.412 e. The van der Waals surface area contributed by atoms with Gasteiger partial charge < -0.3 is 9.15 Å². The summed E-state index contributed by atoms with van der Waals surface area (Å²) in [5.74, 6) is 0.277. The number of ether oxygens (including phenoxy) is 1. The minimum atomic E-state index is -2.45. The summed E-state index contributed by atoms with van der Waals surface area (Å²) in [6.07, 6.45) is -2.17. The molecule has 0 radical (unpaired) electrons. The van der Waals surface area contributed by atoms with Gasteiger partial charge in [-0.2, -0.15) is 0 Å². The predicted octanol–water partition coefficient (Wildman–Crippen LogP) is 1.55. The number of nitrogens with zero attached hydrogens (tertiary/aromatic N) is 2. The lowest BCUT2D eigenvalue weighted by atomic mass is 10.5. The lowest BCUT2D eigenvalue weighted by molar-refractivity contribution is 0.0173. The predicted molar refractivity (Wildman–Crippen MR) is 39.8 cm³/mol. The molecule has 4 nitrogen and oxygen atoms in total. The molecule has 1 heterocycles.